The Kier molecular flexibility index (Phi) is 10.4. The van der Waals surface area contributed by atoms with E-state index in [-0.39, 0.29) is 41.1 Å². The number of carbonyl (C=O) groups is 3. The van der Waals surface area contributed by atoms with E-state index in [4.69, 9.17) is 4.74 Å². The molecule has 240 valence electrons. The van der Waals surface area contributed by atoms with Crippen molar-refractivity contribution in [1.29, 1.82) is 0 Å². The smallest absolute Gasteiger partial charge is 0.248 e. The van der Waals surface area contributed by atoms with Crippen LogP contribution in [0.25, 0.3) is 0 Å². The minimum Gasteiger partial charge on any atom is -0.394 e. The monoisotopic (exact) mass is 669 g/mol. The van der Waals surface area contributed by atoms with Crippen molar-refractivity contribution in [1.82, 2.24) is 14.7 Å². The fraction of sp³-hybridized carbons (Fsp3) is 0.629. The van der Waals surface area contributed by atoms with Gasteiger partial charge in [0, 0.05) is 30.5 Å². The predicted octanol–water partition coefficient (Wildman–Crippen LogP) is 4.70. The molecular formula is C35H48BrN3O5. The van der Waals surface area contributed by atoms with Crippen LogP contribution in [0.4, 0.5) is 0 Å². The summed E-state index contributed by atoms with van der Waals surface area (Å²) in [7, 11) is 0. The fourth-order valence-electron chi connectivity index (χ4n) is 8.35. The molecule has 1 N–H and O–H groups in total. The van der Waals surface area contributed by atoms with Crippen molar-refractivity contribution in [3.8, 4) is 0 Å². The van der Waals surface area contributed by atoms with E-state index in [1.54, 1.807) is 22.0 Å². The number of rotatable bonds is 13. The second-order valence-corrected chi connectivity index (χ2v) is 14.6. The molecule has 3 aliphatic heterocycles. The molecule has 5 rings (SSSR count). The van der Waals surface area contributed by atoms with Crippen molar-refractivity contribution >= 4 is 33.7 Å². The SMILES string of the molecule is C=CCN(Cc1ccccc1)C(=O)[C@H]1[C@@H]2OC3(CC2Br)C(C(=O)N(CC=C)C2CCCCC2)N([C@@H](CO)CC(C)C)C(=O)[C@H]13. The molecule has 3 saturated heterocycles. The van der Waals surface area contributed by atoms with E-state index in [0.717, 1.165) is 37.7 Å². The van der Waals surface area contributed by atoms with E-state index in [9.17, 15) is 19.5 Å². The number of benzene rings is 1. The molecule has 1 saturated carbocycles. The number of likely N-dealkylation sites (tertiary alicyclic amines) is 1. The van der Waals surface area contributed by atoms with Crippen LogP contribution in [-0.2, 0) is 25.7 Å². The van der Waals surface area contributed by atoms with Crippen LogP contribution < -0.4 is 0 Å². The Hall–Kier alpha value is -2.49. The first-order chi connectivity index (χ1) is 21.2. The Labute approximate surface area is 270 Å². The summed E-state index contributed by atoms with van der Waals surface area (Å²) in [6.07, 6.45) is 8.97. The van der Waals surface area contributed by atoms with E-state index in [1.165, 1.54) is 0 Å². The van der Waals surface area contributed by atoms with E-state index >= 15 is 0 Å². The summed E-state index contributed by atoms with van der Waals surface area (Å²) in [4.78, 5) is 49.2. The van der Waals surface area contributed by atoms with Crippen LogP contribution in [0.2, 0.25) is 0 Å². The molecule has 7 atom stereocenters. The van der Waals surface area contributed by atoms with Crippen LogP contribution in [-0.4, -0.2) is 91.9 Å². The second-order valence-electron chi connectivity index (χ2n) is 13.4. The Morgan fingerprint density at radius 2 is 1.80 bits per heavy atom. The third kappa shape index (κ3) is 5.92. The quantitative estimate of drug-likeness (QED) is 0.243. The van der Waals surface area contributed by atoms with Crippen molar-refractivity contribution in [2.75, 3.05) is 19.7 Å². The van der Waals surface area contributed by atoms with Crippen molar-refractivity contribution in [3.05, 3.63) is 61.2 Å². The number of hydrogen-bond acceptors (Lipinski definition) is 5. The van der Waals surface area contributed by atoms with Crippen LogP contribution in [0.5, 0.6) is 0 Å². The first-order valence-corrected chi connectivity index (χ1v) is 17.2. The lowest BCUT2D eigenvalue weighted by molar-refractivity contribution is -0.154. The number of nitrogens with zero attached hydrogens (tertiary/aromatic N) is 3. The molecule has 0 radical (unpaired) electrons. The van der Waals surface area contributed by atoms with E-state index in [1.807, 2.05) is 49.1 Å². The zero-order valence-corrected chi connectivity index (χ0v) is 27.7. The second kappa shape index (κ2) is 13.9. The van der Waals surface area contributed by atoms with Gasteiger partial charge in [-0.15, -0.1) is 13.2 Å². The highest BCUT2D eigenvalue weighted by atomic mass is 79.9. The molecule has 3 unspecified atom stereocenters. The van der Waals surface area contributed by atoms with Gasteiger partial charge >= 0.3 is 0 Å². The van der Waals surface area contributed by atoms with Gasteiger partial charge in [-0.05, 0) is 37.2 Å². The van der Waals surface area contributed by atoms with E-state index in [2.05, 4.69) is 29.1 Å². The lowest BCUT2D eigenvalue weighted by Gasteiger charge is -2.42. The van der Waals surface area contributed by atoms with Crippen molar-refractivity contribution in [2.45, 2.75) is 100.0 Å². The highest BCUT2D eigenvalue weighted by molar-refractivity contribution is 9.09. The molecule has 9 heteroatoms. The summed E-state index contributed by atoms with van der Waals surface area (Å²) in [5.41, 5.74) is -0.188. The third-order valence-electron chi connectivity index (χ3n) is 10.1. The maximum absolute atomic E-state index is 14.9. The Morgan fingerprint density at radius 1 is 1.11 bits per heavy atom. The zero-order chi connectivity index (χ0) is 31.6. The van der Waals surface area contributed by atoms with Crippen molar-refractivity contribution < 1.29 is 24.2 Å². The van der Waals surface area contributed by atoms with Crippen LogP contribution in [0, 0.1) is 17.8 Å². The lowest BCUT2D eigenvalue weighted by Crippen LogP contribution is -2.60. The molecule has 1 aromatic rings. The number of hydrogen-bond donors (Lipinski definition) is 1. The molecule has 1 aliphatic carbocycles. The Balaban J connectivity index is 1.57. The summed E-state index contributed by atoms with van der Waals surface area (Å²) < 4.78 is 6.82. The highest BCUT2D eigenvalue weighted by Gasteiger charge is 2.77. The molecule has 2 bridgehead atoms. The summed E-state index contributed by atoms with van der Waals surface area (Å²) >= 11 is 3.81. The van der Waals surface area contributed by atoms with Gasteiger partial charge in [0.15, 0.2) is 0 Å². The lowest BCUT2D eigenvalue weighted by atomic mass is 9.70. The van der Waals surface area contributed by atoms with Gasteiger partial charge in [-0.1, -0.05) is 91.5 Å². The Bertz CT molecular complexity index is 1220. The van der Waals surface area contributed by atoms with Gasteiger partial charge in [0.2, 0.25) is 17.7 Å². The number of aliphatic hydroxyl groups is 1. The van der Waals surface area contributed by atoms with Crippen LogP contribution in [0.1, 0.15) is 64.4 Å². The first kappa shape index (κ1) is 32.9. The maximum Gasteiger partial charge on any atom is 0.248 e. The van der Waals surface area contributed by atoms with Gasteiger partial charge in [-0.3, -0.25) is 14.4 Å². The van der Waals surface area contributed by atoms with Gasteiger partial charge in [0.1, 0.15) is 11.6 Å². The van der Waals surface area contributed by atoms with Gasteiger partial charge in [-0.2, -0.15) is 0 Å². The highest BCUT2D eigenvalue weighted by Crippen LogP contribution is 2.61. The van der Waals surface area contributed by atoms with E-state index in [0.29, 0.717) is 32.5 Å². The maximum atomic E-state index is 14.9. The van der Waals surface area contributed by atoms with Crippen LogP contribution in [0.3, 0.4) is 0 Å². The minimum absolute atomic E-state index is 0.0593. The van der Waals surface area contributed by atoms with Crippen molar-refractivity contribution in [2.24, 2.45) is 17.8 Å². The molecule has 3 amide bonds. The number of halogens is 1. The molecule has 8 nitrogen and oxygen atoms in total. The summed E-state index contributed by atoms with van der Waals surface area (Å²) in [6, 6.07) is 8.34. The molecule has 1 aromatic carbocycles. The predicted molar refractivity (Wildman–Crippen MR) is 174 cm³/mol. The summed E-state index contributed by atoms with van der Waals surface area (Å²) in [5.74, 6) is -1.98. The van der Waals surface area contributed by atoms with Gasteiger partial charge < -0.3 is 24.5 Å². The van der Waals surface area contributed by atoms with Crippen molar-refractivity contribution in [3.63, 3.8) is 0 Å². The van der Waals surface area contributed by atoms with Gasteiger partial charge in [0.05, 0.1) is 30.6 Å². The largest absolute Gasteiger partial charge is 0.394 e. The third-order valence-corrected chi connectivity index (χ3v) is 10.9. The summed E-state index contributed by atoms with van der Waals surface area (Å²) in [6.45, 7) is 12.7. The molecule has 44 heavy (non-hydrogen) atoms. The first-order valence-electron chi connectivity index (χ1n) is 16.3. The molecular weight excluding hydrogens is 622 g/mol. The molecule has 1 spiro atoms. The topological polar surface area (TPSA) is 90.4 Å². The molecule has 4 fully saturated rings. The number of carbonyl (C=O) groups excluding carboxylic acids is 3. The average Bonchev–Trinajstić information content (AvgIpc) is 3.62. The number of ether oxygens (including phenoxy) is 1. The number of amides is 3. The Morgan fingerprint density at radius 3 is 2.41 bits per heavy atom. The molecule has 3 heterocycles. The standard InChI is InChI=1S/C35H48BrN3O5/c1-5-17-37(21-24-13-9-7-10-14-24)32(41)28-29-33(42)39(26(22-40)19-23(3)4)31(35(29)20-27(36)30(28)44-35)34(43)38(18-6-2)25-15-11-8-12-16-25/h5-7,9-10,13-14,23,25-31,40H,1-2,8,11-12,15-22H2,3-4H3/t26-,27?,28-,29+,30-,31?,35?/m1/s1. The summed E-state index contributed by atoms with van der Waals surface area (Å²) in [5, 5.41) is 10.7. The van der Waals surface area contributed by atoms with Gasteiger partial charge in [-0.25, -0.2) is 0 Å². The molecule has 0 aromatic heterocycles. The number of fused-ring (bicyclic) bond motifs is 1. The van der Waals surface area contributed by atoms with Crippen LogP contribution >= 0.6 is 15.9 Å². The number of alkyl halides is 1. The van der Waals surface area contributed by atoms with E-state index < -0.39 is 35.6 Å². The zero-order valence-electron chi connectivity index (χ0n) is 26.2. The number of aliphatic hydroxyl groups excluding tert-OH is 1. The normalized spacial score (nSPS) is 30.3. The molecule has 4 aliphatic rings. The average molecular weight is 671 g/mol. The minimum atomic E-state index is -1.17. The fourth-order valence-corrected chi connectivity index (χ4v) is 9.30. The van der Waals surface area contributed by atoms with Crippen LogP contribution in [0.15, 0.2) is 55.6 Å². The van der Waals surface area contributed by atoms with Gasteiger partial charge in [0.25, 0.3) is 0 Å².